The van der Waals surface area contributed by atoms with Crippen molar-refractivity contribution in [3.05, 3.63) is 24.2 Å². The van der Waals surface area contributed by atoms with Crippen molar-refractivity contribution in [3.8, 4) is 0 Å². The Balaban J connectivity index is 1.44. The molecule has 1 aromatic heterocycles. The number of fused-ring (bicyclic) bond motifs is 5. The zero-order valence-corrected chi connectivity index (χ0v) is 16.8. The molecule has 25 heavy (non-hydrogen) atoms. The third-order valence-electron chi connectivity index (χ3n) is 9.58. The smallest absolute Gasteiger partial charge is 0.0937 e. The van der Waals surface area contributed by atoms with Crippen molar-refractivity contribution in [1.29, 1.82) is 0 Å². The highest BCUT2D eigenvalue weighted by molar-refractivity contribution is 7.80. The number of rotatable bonds is 1. The molecule has 0 aromatic carbocycles. The Bertz CT molecular complexity index is 624. The standard InChI is InChI=1S/C23H34OS/c1-22-10-7-17(25)13-16(22)3-4-18-20-6-5-19(15-9-12-24-14-15)23(20,2)11-8-21(18)22/h9,12,14,16-21,25H,3-8,10-11,13H2,1-2H3/t16?,17?,18-,19?,20-,21+,22-,23+/m0/s1. The SMILES string of the molecule is C[C@]12CCC(S)CC1CC[C@@H]1[C@H]2CC[C@]2(C)C(c3ccoc3)CC[C@@H]12. The summed E-state index contributed by atoms with van der Waals surface area (Å²) in [6.07, 6.45) is 16.7. The zero-order chi connectivity index (χ0) is 17.2. The summed E-state index contributed by atoms with van der Waals surface area (Å²) in [5.74, 6) is 4.58. The van der Waals surface area contributed by atoms with E-state index in [1.807, 2.05) is 12.5 Å². The summed E-state index contributed by atoms with van der Waals surface area (Å²) in [4.78, 5) is 0. The van der Waals surface area contributed by atoms with E-state index < -0.39 is 0 Å². The second kappa shape index (κ2) is 5.81. The van der Waals surface area contributed by atoms with Gasteiger partial charge in [0.25, 0.3) is 0 Å². The lowest BCUT2D eigenvalue weighted by atomic mass is 9.44. The van der Waals surface area contributed by atoms with Crippen LogP contribution in [0.4, 0.5) is 0 Å². The van der Waals surface area contributed by atoms with Crippen molar-refractivity contribution in [3.63, 3.8) is 0 Å². The van der Waals surface area contributed by atoms with Crippen LogP contribution in [-0.4, -0.2) is 5.25 Å². The van der Waals surface area contributed by atoms with Crippen LogP contribution in [0.1, 0.15) is 83.1 Å². The zero-order valence-electron chi connectivity index (χ0n) is 15.9. The highest BCUT2D eigenvalue weighted by atomic mass is 32.1. The topological polar surface area (TPSA) is 13.1 Å². The van der Waals surface area contributed by atoms with Gasteiger partial charge >= 0.3 is 0 Å². The minimum atomic E-state index is 0.509. The maximum Gasteiger partial charge on any atom is 0.0937 e. The van der Waals surface area contributed by atoms with Gasteiger partial charge in [0.15, 0.2) is 0 Å². The van der Waals surface area contributed by atoms with Gasteiger partial charge in [-0.05, 0) is 110 Å². The van der Waals surface area contributed by atoms with Gasteiger partial charge in [-0.2, -0.15) is 12.6 Å². The van der Waals surface area contributed by atoms with Crippen molar-refractivity contribution in [2.24, 2.45) is 34.5 Å². The molecule has 0 spiro atoms. The Labute approximate surface area is 158 Å². The average molecular weight is 359 g/mol. The van der Waals surface area contributed by atoms with E-state index in [0.717, 1.165) is 29.6 Å². The monoisotopic (exact) mass is 358 g/mol. The first-order chi connectivity index (χ1) is 12.0. The minimum absolute atomic E-state index is 0.509. The normalized spacial score (nSPS) is 52.3. The van der Waals surface area contributed by atoms with E-state index in [1.54, 1.807) is 0 Å². The van der Waals surface area contributed by atoms with Crippen LogP contribution in [0, 0.1) is 34.5 Å². The lowest BCUT2D eigenvalue weighted by molar-refractivity contribution is -0.104. The maximum absolute atomic E-state index is 5.45. The molecule has 0 saturated heterocycles. The Morgan fingerprint density at radius 1 is 0.960 bits per heavy atom. The summed E-state index contributed by atoms with van der Waals surface area (Å²) in [5, 5.41) is 0.667. The van der Waals surface area contributed by atoms with Crippen LogP contribution in [-0.2, 0) is 0 Å². The second-order valence-electron chi connectivity index (χ2n) is 10.3. The van der Waals surface area contributed by atoms with Gasteiger partial charge in [0, 0.05) is 5.25 Å². The lowest BCUT2D eigenvalue weighted by Crippen LogP contribution is -2.53. The maximum atomic E-state index is 5.45. The highest BCUT2D eigenvalue weighted by Gasteiger charge is 2.60. The molecule has 0 aliphatic heterocycles. The molecule has 8 atom stereocenters. The van der Waals surface area contributed by atoms with E-state index in [1.165, 1.54) is 63.4 Å². The Hall–Kier alpha value is -0.370. The highest BCUT2D eigenvalue weighted by Crippen LogP contribution is 2.69. The molecular formula is C23H34OS. The van der Waals surface area contributed by atoms with Crippen molar-refractivity contribution < 1.29 is 4.42 Å². The molecule has 138 valence electrons. The first-order valence-corrected chi connectivity index (χ1v) is 11.2. The van der Waals surface area contributed by atoms with Gasteiger partial charge in [0.05, 0.1) is 12.5 Å². The molecule has 0 radical (unpaired) electrons. The van der Waals surface area contributed by atoms with Crippen LogP contribution in [0.5, 0.6) is 0 Å². The summed E-state index contributed by atoms with van der Waals surface area (Å²) in [7, 11) is 0. The van der Waals surface area contributed by atoms with Gasteiger partial charge < -0.3 is 4.42 Å². The molecular weight excluding hydrogens is 324 g/mol. The van der Waals surface area contributed by atoms with Gasteiger partial charge in [-0.15, -0.1) is 0 Å². The minimum Gasteiger partial charge on any atom is -0.472 e. The molecule has 3 unspecified atom stereocenters. The first-order valence-electron chi connectivity index (χ1n) is 10.7. The van der Waals surface area contributed by atoms with Crippen molar-refractivity contribution in [2.75, 3.05) is 0 Å². The van der Waals surface area contributed by atoms with Gasteiger partial charge in [0.2, 0.25) is 0 Å². The van der Waals surface area contributed by atoms with E-state index in [9.17, 15) is 0 Å². The molecule has 0 bridgehead atoms. The van der Waals surface area contributed by atoms with Crippen LogP contribution in [0.3, 0.4) is 0 Å². The van der Waals surface area contributed by atoms with Crippen LogP contribution in [0.15, 0.2) is 23.0 Å². The first kappa shape index (κ1) is 16.8. The molecule has 1 nitrogen and oxygen atoms in total. The van der Waals surface area contributed by atoms with Crippen molar-refractivity contribution in [1.82, 2.24) is 0 Å². The molecule has 0 amide bonds. The van der Waals surface area contributed by atoms with Gasteiger partial charge in [-0.1, -0.05) is 13.8 Å². The quantitative estimate of drug-likeness (QED) is 0.551. The fraction of sp³-hybridized carbons (Fsp3) is 0.826. The largest absolute Gasteiger partial charge is 0.472 e. The van der Waals surface area contributed by atoms with E-state index >= 15 is 0 Å². The van der Waals surface area contributed by atoms with E-state index in [2.05, 4.69) is 19.9 Å². The summed E-state index contributed by atoms with van der Waals surface area (Å²) in [6.45, 7) is 5.29. The molecule has 5 rings (SSSR count). The number of hydrogen-bond donors (Lipinski definition) is 1. The number of thiol groups is 1. The third-order valence-corrected chi connectivity index (χ3v) is 10.1. The molecule has 4 aliphatic carbocycles. The predicted molar refractivity (Wildman–Crippen MR) is 106 cm³/mol. The van der Waals surface area contributed by atoms with Crippen LogP contribution in [0.2, 0.25) is 0 Å². The summed E-state index contributed by atoms with van der Waals surface area (Å²) in [6, 6.07) is 2.23. The fourth-order valence-corrected chi connectivity index (χ4v) is 8.64. The molecule has 4 fully saturated rings. The molecule has 1 aromatic rings. The van der Waals surface area contributed by atoms with E-state index in [0.29, 0.717) is 16.1 Å². The summed E-state index contributed by atoms with van der Waals surface area (Å²) < 4.78 is 5.45. The van der Waals surface area contributed by atoms with Gasteiger partial charge in [0.1, 0.15) is 0 Å². The lowest BCUT2D eigenvalue weighted by Gasteiger charge is -2.61. The number of hydrogen-bond acceptors (Lipinski definition) is 2. The van der Waals surface area contributed by atoms with Crippen molar-refractivity contribution in [2.45, 2.75) is 82.8 Å². The predicted octanol–water partition coefficient (Wildman–Crippen LogP) is 6.70. The molecule has 2 heteroatoms. The summed E-state index contributed by atoms with van der Waals surface area (Å²) >= 11 is 4.84. The molecule has 4 saturated carbocycles. The fourth-order valence-electron chi connectivity index (χ4n) is 8.26. The van der Waals surface area contributed by atoms with Gasteiger partial charge in [-0.25, -0.2) is 0 Å². The van der Waals surface area contributed by atoms with E-state index in [4.69, 9.17) is 17.0 Å². The van der Waals surface area contributed by atoms with Gasteiger partial charge in [-0.3, -0.25) is 0 Å². The summed E-state index contributed by atoms with van der Waals surface area (Å²) in [5.41, 5.74) is 2.59. The third kappa shape index (κ3) is 2.35. The van der Waals surface area contributed by atoms with Crippen LogP contribution in [0.25, 0.3) is 0 Å². The Morgan fingerprint density at radius 3 is 2.56 bits per heavy atom. The second-order valence-corrected chi connectivity index (χ2v) is 11.0. The molecule has 1 heterocycles. The van der Waals surface area contributed by atoms with Crippen molar-refractivity contribution >= 4 is 12.6 Å². The average Bonchev–Trinajstić information content (AvgIpc) is 3.22. The number of furan rings is 1. The molecule has 0 N–H and O–H groups in total. The van der Waals surface area contributed by atoms with Crippen LogP contribution < -0.4 is 0 Å². The molecule has 4 aliphatic rings. The Morgan fingerprint density at radius 2 is 1.76 bits per heavy atom. The van der Waals surface area contributed by atoms with E-state index in [-0.39, 0.29) is 0 Å². The Kier molecular flexibility index (Phi) is 3.90. The van der Waals surface area contributed by atoms with Crippen LogP contribution >= 0.6 is 12.6 Å².